The van der Waals surface area contributed by atoms with Crippen LogP contribution in [-0.4, -0.2) is 12.6 Å². The van der Waals surface area contributed by atoms with Gasteiger partial charge in [-0.05, 0) is 37.1 Å². The monoisotopic (exact) mass is 239 g/mol. The van der Waals surface area contributed by atoms with E-state index in [0.29, 0.717) is 5.41 Å². The third-order valence-corrected chi connectivity index (χ3v) is 4.56. The van der Waals surface area contributed by atoms with Crippen LogP contribution >= 0.6 is 0 Å². The summed E-state index contributed by atoms with van der Waals surface area (Å²) in [5, 5.41) is 3.77. The molecule has 1 heteroatoms. The van der Waals surface area contributed by atoms with Crippen molar-refractivity contribution in [2.24, 2.45) is 11.3 Å². The van der Waals surface area contributed by atoms with E-state index in [1.807, 2.05) is 0 Å². The third-order valence-electron chi connectivity index (χ3n) is 4.56. The summed E-state index contributed by atoms with van der Waals surface area (Å²) in [7, 11) is 0. The number of rotatable bonds is 7. The van der Waals surface area contributed by atoms with Gasteiger partial charge < -0.3 is 5.32 Å². The lowest BCUT2D eigenvalue weighted by atomic mass is 9.69. The molecule has 1 rings (SSSR count). The summed E-state index contributed by atoms with van der Waals surface area (Å²) in [6, 6.07) is 0.756. The fraction of sp³-hybridized carbons (Fsp3) is 1.00. The van der Waals surface area contributed by atoms with Crippen molar-refractivity contribution >= 4 is 0 Å². The topological polar surface area (TPSA) is 12.0 Å². The van der Waals surface area contributed by atoms with Crippen LogP contribution in [0.4, 0.5) is 0 Å². The summed E-state index contributed by atoms with van der Waals surface area (Å²) < 4.78 is 0. The molecule has 1 fully saturated rings. The second kappa shape index (κ2) is 7.41. The van der Waals surface area contributed by atoms with Crippen LogP contribution in [0.15, 0.2) is 0 Å². The molecule has 1 saturated carbocycles. The molecular formula is C16H33N. The second-order valence-corrected chi connectivity index (χ2v) is 6.65. The van der Waals surface area contributed by atoms with Crippen LogP contribution in [0.1, 0.15) is 79.1 Å². The fourth-order valence-corrected chi connectivity index (χ4v) is 3.38. The van der Waals surface area contributed by atoms with E-state index in [1.54, 1.807) is 0 Å². The lowest BCUT2D eigenvalue weighted by Gasteiger charge is -2.41. The largest absolute Gasteiger partial charge is 0.314 e. The van der Waals surface area contributed by atoms with Crippen LogP contribution in [-0.2, 0) is 0 Å². The Morgan fingerprint density at radius 2 is 1.71 bits per heavy atom. The standard InChI is InChI=1S/C16H33N/c1-5-17-15(11-9-10-14(2)3)16(4)12-7-6-8-13-16/h14-15,17H,5-13H2,1-4H3. The predicted octanol–water partition coefficient (Wildman–Crippen LogP) is 4.76. The quantitative estimate of drug-likeness (QED) is 0.675. The van der Waals surface area contributed by atoms with Crippen LogP contribution < -0.4 is 5.32 Å². The molecule has 1 aliphatic carbocycles. The Morgan fingerprint density at radius 3 is 2.24 bits per heavy atom. The van der Waals surface area contributed by atoms with E-state index in [1.165, 1.54) is 51.4 Å². The zero-order chi connectivity index (χ0) is 12.7. The average molecular weight is 239 g/mol. The number of hydrogen-bond donors (Lipinski definition) is 1. The molecule has 0 aromatic heterocycles. The maximum atomic E-state index is 3.77. The molecule has 0 aliphatic heterocycles. The molecule has 17 heavy (non-hydrogen) atoms. The first-order chi connectivity index (χ1) is 8.08. The minimum absolute atomic E-state index is 0.575. The van der Waals surface area contributed by atoms with E-state index in [4.69, 9.17) is 0 Å². The molecule has 0 heterocycles. The van der Waals surface area contributed by atoms with Gasteiger partial charge in [0.05, 0.1) is 0 Å². The van der Waals surface area contributed by atoms with Crippen molar-refractivity contribution in [2.45, 2.75) is 85.1 Å². The second-order valence-electron chi connectivity index (χ2n) is 6.65. The summed E-state index contributed by atoms with van der Waals surface area (Å²) >= 11 is 0. The lowest BCUT2D eigenvalue weighted by Crippen LogP contribution is -2.44. The van der Waals surface area contributed by atoms with Gasteiger partial charge in [0.25, 0.3) is 0 Å². The molecule has 0 spiro atoms. The predicted molar refractivity (Wildman–Crippen MR) is 77.3 cm³/mol. The van der Waals surface area contributed by atoms with E-state index in [-0.39, 0.29) is 0 Å². The Balaban J connectivity index is 2.45. The van der Waals surface area contributed by atoms with Crippen LogP contribution in [0.5, 0.6) is 0 Å². The van der Waals surface area contributed by atoms with Crippen molar-refractivity contribution in [1.82, 2.24) is 5.32 Å². The van der Waals surface area contributed by atoms with Gasteiger partial charge in [-0.15, -0.1) is 0 Å². The highest BCUT2D eigenvalue weighted by Gasteiger charge is 2.34. The Labute approximate surface area is 109 Å². The van der Waals surface area contributed by atoms with Crippen molar-refractivity contribution < 1.29 is 0 Å². The summed E-state index contributed by atoms with van der Waals surface area (Å²) in [6.07, 6.45) is 11.4. The zero-order valence-electron chi connectivity index (χ0n) is 12.5. The molecular weight excluding hydrogens is 206 g/mol. The highest BCUT2D eigenvalue weighted by Crippen LogP contribution is 2.40. The molecule has 0 saturated heterocycles. The van der Waals surface area contributed by atoms with Gasteiger partial charge >= 0.3 is 0 Å². The van der Waals surface area contributed by atoms with Crippen LogP contribution in [0, 0.1) is 11.3 Å². The van der Waals surface area contributed by atoms with Gasteiger partial charge in [0.2, 0.25) is 0 Å². The molecule has 0 radical (unpaired) electrons. The van der Waals surface area contributed by atoms with Gasteiger partial charge in [-0.2, -0.15) is 0 Å². The third kappa shape index (κ3) is 4.99. The molecule has 1 N–H and O–H groups in total. The zero-order valence-corrected chi connectivity index (χ0v) is 12.5. The minimum atomic E-state index is 0.575. The van der Waals surface area contributed by atoms with E-state index in [9.17, 15) is 0 Å². The highest BCUT2D eigenvalue weighted by molar-refractivity contribution is 4.89. The average Bonchev–Trinajstić information content (AvgIpc) is 2.28. The van der Waals surface area contributed by atoms with Crippen molar-refractivity contribution in [1.29, 1.82) is 0 Å². The molecule has 0 bridgehead atoms. The van der Waals surface area contributed by atoms with Gasteiger partial charge in [0.15, 0.2) is 0 Å². The van der Waals surface area contributed by atoms with E-state index in [0.717, 1.165) is 18.5 Å². The maximum absolute atomic E-state index is 3.77. The van der Waals surface area contributed by atoms with Gasteiger partial charge in [-0.25, -0.2) is 0 Å². The summed E-state index contributed by atoms with van der Waals surface area (Å²) in [6.45, 7) is 10.6. The Bertz CT molecular complexity index is 192. The van der Waals surface area contributed by atoms with Crippen LogP contribution in [0.3, 0.4) is 0 Å². The van der Waals surface area contributed by atoms with Crippen molar-refractivity contribution in [3.8, 4) is 0 Å². The molecule has 102 valence electrons. The number of hydrogen-bond acceptors (Lipinski definition) is 1. The minimum Gasteiger partial charge on any atom is -0.314 e. The highest BCUT2D eigenvalue weighted by atomic mass is 14.9. The van der Waals surface area contributed by atoms with Gasteiger partial charge in [0, 0.05) is 6.04 Å². The molecule has 1 aliphatic rings. The molecule has 1 atom stereocenters. The summed E-state index contributed by atoms with van der Waals surface area (Å²) in [4.78, 5) is 0. The molecule has 0 aromatic rings. The SMILES string of the molecule is CCNC(CCCC(C)C)C1(C)CCCCC1. The molecule has 0 amide bonds. The number of nitrogens with one attached hydrogen (secondary N) is 1. The van der Waals surface area contributed by atoms with E-state index < -0.39 is 0 Å². The molecule has 1 nitrogen and oxygen atoms in total. The Morgan fingerprint density at radius 1 is 1.06 bits per heavy atom. The van der Waals surface area contributed by atoms with Crippen LogP contribution in [0.25, 0.3) is 0 Å². The molecule has 1 unspecified atom stereocenters. The fourth-order valence-electron chi connectivity index (χ4n) is 3.38. The Kier molecular flexibility index (Phi) is 6.54. The van der Waals surface area contributed by atoms with Crippen molar-refractivity contribution in [3.05, 3.63) is 0 Å². The first-order valence-electron chi connectivity index (χ1n) is 7.82. The maximum Gasteiger partial charge on any atom is 0.0121 e. The Hall–Kier alpha value is -0.0400. The first-order valence-corrected chi connectivity index (χ1v) is 7.82. The van der Waals surface area contributed by atoms with E-state index in [2.05, 4.69) is 33.0 Å². The molecule has 0 aromatic carbocycles. The summed E-state index contributed by atoms with van der Waals surface area (Å²) in [5.74, 6) is 0.858. The summed E-state index contributed by atoms with van der Waals surface area (Å²) in [5.41, 5.74) is 0.575. The smallest absolute Gasteiger partial charge is 0.0121 e. The van der Waals surface area contributed by atoms with E-state index >= 15 is 0 Å². The normalized spacial score (nSPS) is 21.7. The first kappa shape index (κ1) is 15.0. The van der Waals surface area contributed by atoms with Crippen molar-refractivity contribution in [2.75, 3.05) is 6.54 Å². The van der Waals surface area contributed by atoms with Gasteiger partial charge in [0.1, 0.15) is 0 Å². The van der Waals surface area contributed by atoms with Gasteiger partial charge in [-0.1, -0.05) is 59.8 Å². The van der Waals surface area contributed by atoms with Gasteiger partial charge in [-0.3, -0.25) is 0 Å². The van der Waals surface area contributed by atoms with Crippen LogP contribution in [0.2, 0.25) is 0 Å². The van der Waals surface area contributed by atoms with Crippen molar-refractivity contribution in [3.63, 3.8) is 0 Å². The lowest BCUT2D eigenvalue weighted by molar-refractivity contribution is 0.136.